The Morgan fingerprint density at radius 2 is 1.83 bits per heavy atom. The molecule has 0 radical (unpaired) electrons. The van der Waals surface area contributed by atoms with Crippen molar-refractivity contribution in [2.75, 3.05) is 5.32 Å². The molecular formula is C19H14N4O. The molecule has 2 N–H and O–H groups in total. The summed E-state index contributed by atoms with van der Waals surface area (Å²) in [6.07, 6.45) is 5.22. The normalized spacial score (nSPS) is 10.7. The number of hydrogen-bond acceptors (Lipinski definition) is 3. The van der Waals surface area contributed by atoms with Crippen LogP contribution in [0.5, 0.6) is 0 Å². The van der Waals surface area contributed by atoms with Crippen LogP contribution >= 0.6 is 0 Å². The van der Waals surface area contributed by atoms with Gasteiger partial charge in [-0.15, -0.1) is 0 Å². The summed E-state index contributed by atoms with van der Waals surface area (Å²) in [4.78, 5) is 16.9. The van der Waals surface area contributed by atoms with E-state index in [0.717, 1.165) is 27.7 Å². The van der Waals surface area contributed by atoms with Gasteiger partial charge in [-0.1, -0.05) is 24.3 Å². The molecule has 24 heavy (non-hydrogen) atoms. The number of nitrogens with one attached hydrogen (secondary N) is 2. The third-order valence-corrected chi connectivity index (χ3v) is 3.82. The molecule has 0 aliphatic heterocycles. The number of pyridine rings is 1. The average Bonchev–Trinajstić information content (AvgIpc) is 3.11. The Hall–Kier alpha value is -3.47. The molecule has 0 spiro atoms. The van der Waals surface area contributed by atoms with Crippen molar-refractivity contribution in [1.82, 2.24) is 15.2 Å². The van der Waals surface area contributed by atoms with Gasteiger partial charge in [-0.3, -0.25) is 14.9 Å². The molecule has 5 heteroatoms. The first-order chi connectivity index (χ1) is 11.8. The fourth-order valence-corrected chi connectivity index (χ4v) is 2.66. The Morgan fingerprint density at radius 1 is 0.958 bits per heavy atom. The third kappa shape index (κ3) is 2.63. The average molecular weight is 314 g/mol. The molecule has 1 amide bonds. The third-order valence-electron chi connectivity index (χ3n) is 3.82. The maximum atomic E-state index is 12.7. The number of rotatable bonds is 3. The molecule has 0 atom stereocenters. The van der Waals surface area contributed by atoms with Crippen molar-refractivity contribution in [2.24, 2.45) is 0 Å². The lowest BCUT2D eigenvalue weighted by molar-refractivity contribution is 0.102. The maximum Gasteiger partial charge on any atom is 0.257 e. The number of carbonyl (C=O) groups is 1. The van der Waals surface area contributed by atoms with Crippen LogP contribution in [0.2, 0.25) is 0 Å². The number of carbonyl (C=O) groups excluding carboxylic acids is 1. The van der Waals surface area contributed by atoms with Gasteiger partial charge in [-0.2, -0.15) is 5.10 Å². The Balaban J connectivity index is 1.79. The predicted molar refractivity (Wildman–Crippen MR) is 93.7 cm³/mol. The molecule has 2 heterocycles. The van der Waals surface area contributed by atoms with E-state index in [1.807, 2.05) is 54.6 Å². The van der Waals surface area contributed by atoms with Gasteiger partial charge in [0, 0.05) is 29.0 Å². The lowest BCUT2D eigenvalue weighted by Gasteiger charge is -2.09. The molecular weight excluding hydrogens is 300 g/mol. The van der Waals surface area contributed by atoms with Gasteiger partial charge in [0.2, 0.25) is 0 Å². The van der Waals surface area contributed by atoms with Crippen LogP contribution in [0.1, 0.15) is 10.4 Å². The van der Waals surface area contributed by atoms with Gasteiger partial charge >= 0.3 is 0 Å². The second kappa shape index (κ2) is 5.96. The van der Waals surface area contributed by atoms with Crippen molar-refractivity contribution >= 4 is 22.5 Å². The van der Waals surface area contributed by atoms with Crippen LogP contribution in [0.4, 0.5) is 5.69 Å². The minimum absolute atomic E-state index is 0.179. The summed E-state index contributed by atoms with van der Waals surface area (Å²) >= 11 is 0. The number of H-pyrrole nitrogens is 1. The van der Waals surface area contributed by atoms with Gasteiger partial charge in [-0.05, 0) is 35.9 Å². The van der Waals surface area contributed by atoms with E-state index in [1.54, 1.807) is 18.6 Å². The van der Waals surface area contributed by atoms with Crippen LogP contribution in [0.15, 0.2) is 73.2 Å². The van der Waals surface area contributed by atoms with E-state index in [-0.39, 0.29) is 5.91 Å². The molecule has 2 aromatic heterocycles. The Morgan fingerprint density at radius 3 is 2.62 bits per heavy atom. The molecule has 2 aromatic carbocycles. The molecule has 0 unspecified atom stereocenters. The number of benzene rings is 2. The zero-order valence-electron chi connectivity index (χ0n) is 12.7. The van der Waals surface area contributed by atoms with Crippen LogP contribution in [-0.4, -0.2) is 21.1 Å². The SMILES string of the molecule is O=C(Nc1ccccc1)c1cc(-c2cccnc2)cc2cn[nH]c12. The van der Waals surface area contributed by atoms with Crippen molar-refractivity contribution in [2.45, 2.75) is 0 Å². The molecule has 116 valence electrons. The monoisotopic (exact) mass is 314 g/mol. The van der Waals surface area contributed by atoms with Crippen LogP contribution in [0.25, 0.3) is 22.0 Å². The van der Waals surface area contributed by atoms with E-state index in [9.17, 15) is 4.79 Å². The highest BCUT2D eigenvalue weighted by Gasteiger charge is 2.14. The van der Waals surface area contributed by atoms with Gasteiger partial charge in [0.05, 0.1) is 17.3 Å². The number of aromatic nitrogens is 3. The van der Waals surface area contributed by atoms with Crippen LogP contribution < -0.4 is 5.32 Å². The van der Waals surface area contributed by atoms with E-state index in [2.05, 4.69) is 20.5 Å². The maximum absolute atomic E-state index is 12.7. The molecule has 0 saturated heterocycles. The summed E-state index contributed by atoms with van der Waals surface area (Å²) in [6, 6.07) is 17.1. The fourth-order valence-electron chi connectivity index (χ4n) is 2.66. The Kier molecular flexibility index (Phi) is 3.51. The Labute approximate surface area is 138 Å². The minimum atomic E-state index is -0.179. The van der Waals surface area contributed by atoms with Crippen molar-refractivity contribution in [3.8, 4) is 11.1 Å². The topological polar surface area (TPSA) is 70.7 Å². The number of para-hydroxylation sites is 1. The number of hydrogen-bond donors (Lipinski definition) is 2. The van der Waals surface area contributed by atoms with E-state index in [1.165, 1.54) is 0 Å². The number of anilines is 1. The van der Waals surface area contributed by atoms with Crippen LogP contribution in [-0.2, 0) is 0 Å². The highest BCUT2D eigenvalue weighted by atomic mass is 16.1. The summed E-state index contributed by atoms with van der Waals surface area (Å²) < 4.78 is 0. The van der Waals surface area contributed by atoms with Crippen molar-refractivity contribution < 1.29 is 4.79 Å². The molecule has 0 bridgehead atoms. The van der Waals surface area contributed by atoms with Crippen LogP contribution in [0, 0.1) is 0 Å². The summed E-state index contributed by atoms with van der Waals surface area (Å²) in [5.74, 6) is -0.179. The quantitative estimate of drug-likeness (QED) is 0.603. The van der Waals surface area contributed by atoms with Crippen LogP contribution in [0.3, 0.4) is 0 Å². The summed E-state index contributed by atoms with van der Waals surface area (Å²) in [7, 11) is 0. The minimum Gasteiger partial charge on any atom is -0.322 e. The van der Waals surface area contributed by atoms with Gasteiger partial charge in [0.15, 0.2) is 0 Å². The smallest absolute Gasteiger partial charge is 0.257 e. The van der Waals surface area contributed by atoms with Gasteiger partial charge < -0.3 is 5.32 Å². The zero-order chi connectivity index (χ0) is 16.4. The number of aromatic amines is 1. The number of amides is 1. The zero-order valence-corrected chi connectivity index (χ0v) is 12.7. The second-order valence-corrected chi connectivity index (χ2v) is 5.42. The van der Waals surface area contributed by atoms with E-state index < -0.39 is 0 Å². The molecule has 0 aliphatic carbocycles. The van der Waals surface area contributed by atoms with Gasteiger partial charge in [-0.25, -0.2) is 0 Å². The molecule has 5 nitrogen and oxygen atoms in total. The highest BCUT2D eigenvalue weighted by molar-refractivity contribution is 6.13. The fraction of sp³-hybridized carbons (Fsp3) is 0. The largest absolute Gasteiger partial charge is 0.322 e. The van der Waals surface area contributed by atoms with E-state index >= 15 is 0 Å². The van der Waals surface area contributed by atoms with Crippen molar-refractivity contribution in [1.29, 1.82) is 0 Å². The molecule has 0 saturated carbocycles. The molecule has 0 aliphatic rings. The second-order valence-electron chi connectivity index (χ2n) is 5.42. The van der Waals surface area contributed by atoms with E-state index in [4.69, 9.17) is 0 Å². The number of fused-ring (bicyclic) bond motifs is 1. The van der Waals surface area contributed by atoms with Gasteiger partial charge in [0.25, 0.3) is 5.91 Å². The van der Waals surface area contributed by atoms with Crippen molar-refractivity contribution in [3.05, 3.63) is 78.8 Å². The molecule has 0 fully saturated rings. The standard InChI is InChI=1S/C19H14N4O/c24-19(22-16-6-2-1-3-7-16)17-10-14(13-5-4-8-20-11-13)9-15-12-21-23-18(15)17/h1-12H,(H,21,23)(H,22,24). The lowest BCUT2D eigenvalue weighted by atomic mass is 10.0. The first kappa shape index (κ1) is 14.1. The molecule has 4 aromatic rings. The van der Waals surface area contributed by atoms with Gasteiger partial charge in [0.1, 0.15) is 0 Å². The number of nitrogens with zero attached hydrogens (tertiary/aromatic N) is 2. The first-order valence-electron chi connectivity index (χ1n) is 7.55. The summed E-state index contributed by atoms with van der Waals surface area (Å²) in [6.45, 7) is 0. The summed E-state index contributed by atoms with van der Waals surface area (Å²) in [5.41, 5.74) is 3.90. The molecule has 4 rings (SSSR count). The summed E-state index contributed by atoms with van der Waals surface area (Å²) in [5, 5.41) is 10.8. The van der Waals surface area contributed by atoms with Crippen molar-refractivity contribution in [3.63, 3.8) is 0 Å². The predicted octanol–water partition coefficient (Wildman–Crippen LogP) is 3.88. The first-order valence-corrected chi connectivity index (χ1v) is 7.55. The Bertz CT molecular complexity index is 994. The van der Waals surface area contributed by atoms with E-state index in [0.29, 0.717) is 5.56 Å². The highest BCUT2D eigenvalue weighted by Crippen LogP contribution is 2.26. The lowest BCUT2D eigenvalue weighted by Crippen LogP contribution is -2.12.